The number of ether oxygens (including phenoxy) is 3. The number of hydrogen-bond donors (Lipinski definition) is 1. The summed E-state index contributed by atoms with van der Waals surface area (Å²) in [6.07, 6.45) is -2.72. The second kappa shape index (κ2) is 6.96. The number of halogens is 2. The third-order valence-corrected chi connectivity index (χ3v) is 3.96. The zero-order chi connectivity index (χ0) is 18.0. The standard InChI is InChI=1S/C18H16F2O5/c1-23-11-4-2-10(3-5-11)15-8-12-13(25-15)6-7-14(17(12)18(21)22)24-9-16(19)20/h2-7,15-16H,8-9H2,1H3,(H,21,22). The van der Waals surface area contributed by atoms with E-state index in [0.717, 1.165) is 5.56 Å². The van der Waals surface area contributed by atoms with Gasteiger partial charge in [-0.25, -0.2) is 13.6 Å². The Morgan fingerprint density at radius 1 is 1.28 bits per heavy atom. The number of carbonyl (C=O) groups is 1. The second-order valence-corrected chi connectivity index (χ2v) is 5.51. The number of fused-ring (bicyclic) bond motifs is 1. The molecule has 0 aliphatic carbocycles. The van der Waals surface area contributed by atoms with Gasteiger partial charge in [0.1, 0.15) is 35.5 Å². The first-order valence-corrected chi connectivity index (χ1v) is 7.60. The van der Waals surface area contributed by atoms with Crippen molar-refractivity contribution in [2.24, 2.45) is 0 Å². The van der Waals surface area contributed by atoms with Gasteiger partial charge in [0.05, 0.1) is 7.11 Å². The zero-order valence-corrected chi connectivity index (χ0v) is 13.4. The fraction of sp³-hybridized carbons (Fsp3) is 0.278. The van der Waals surface area contributed by atoms with E-state index >= 15 is 0 Å². The SMILES string of the molecule is COc1ccc(C2Cc3c(ccc(OCC(F)F)c3C(=O)O)O2)cc1. The number of carboxylic acids is 1. The minimum absolute atomic E-state index is 0.0782. The van der Waals surface area contributed by atoms with Gasteiger partial charge in [-0.2, -0.15) is 0 Å². The third kappa shape index (κ3) is 3.50. The largest absolute Gasteiger partial charge is 0.497 e. The molecule has 0 fully saturated rings. The minimum atomic E-state index is -2.68. The minimum Gasteiger partial charge on any atom is -0.497 e. The lowest BCUT2D eigenvalue weighted by molar-refractivity contribution is 0.0662. The van der Waals surface area contributed by atoms with Gasteiger partial charge in [-0.1, -0.05) is 12.1 Å². The number of aromatic carboxylic acids is 1. The van der Waals surface area contributed by atoms with Crippen LogP contribution in [0.1, 0.15) is 27.6 Å². The van der Waals surface area contributed by atoms with Gasteiger partial charge in [-0.05, 0) is 29.8 Å². The molecule has 25 heavy (non-hydrogen) atoms. The van der Waals surface area contributed by atoms with Crippen LogP contribution in [0.5, 0.6) is 17.2 Å². The lowest BCUT2D eigenvalue weighted by atomic mass is 9.99. The molecule has 0 spiro atoms. The fourth-order valence-electron chi connectivity index (χ4n) is 2.81. The van der Waals surface area contributed by atoms with Gasteiger partial charge in [0, 0.05) is 12.0 Å². The molecule has 2 aromatic rings. The van der Waals surface area contributed by atoms with Gasteiger partial charge in [-0.3, -0.25) is 0 Å². The van der Waals surface area contributed by atoms with Crippen molar-refractivity contribution < 1.29 is 32.9 Å². The third-order valence-electron chi connectivity index (χ3n) is 3.96. The Morgan fingerprint density at radius 2 is 2.00 bits per heavy atom. The first-order chi connectivity index (χ1) is 12.0. The van der Waals surface area contributed by atoms with Crippen LogP contribution in [0.25, 0.3) is 0 Å². The molecule has 2 aromatic carbocycles. The van der Waals surface area contributed by atoms with Crippen LogP contribution in [0.15, 0.2) is 36.4 Å². The van der Waals surface area contributed by atoms with Gasteiger partial charge in [0.2, 0.25) is 0 Å². The van der Waals surface area contributed by atoms with Crippen LogP contribution in [0.3, 0.4) is 0 Å². The highest BCUT2D eigenvalue weighted by molar-refractivity contribution is 5.94. The Labute approximate surface area is 142 Å². The zero-order valence-electron chi connectivity index (χ0n) is 13.4. The van der Waals surface area contributed by atoms with Crippen molar-refractivity contribution >= 4 is 5.97 Å². The summed E-state index contributed by atoms with van der Waals surface area (Å²) in [5, 5.41) is 9.48. The number of methoxy groups -OCH3 is 1. The van der Waals surface area contributed by atoms with Crippen molar-refractivity contribution in [3.8, 4) is 17.2 Å². The predicted octanol–water partition coefficient (Wildman–Crippen LogP) is 3.71. The lowest BCUT2D eigenvalue weighted by Crippen LogP contribution is -2.11. The molecule has 0 aromatic heterocycles. The first-order valence-electron chi connectivity index (χ1n) is 7.60. The van der Waals surface area contributed by atoms with Crippen LogP contribution in [-0.2, 0) is 6.42 Å². The molecule has 1 heterocycles. The Balaban J connectivity index is 1.89. The summed E-state index contributed by atoms with van der Waals surface area (Å²) < 4.78 is 40.6. The fourth-order valence-corrected chi connectivity index (χ4v) is 2.81. The molecule has 0 bridgehead atoms. The van der Waals surface area contributed by atoms with Gasteiger partial charge >= 0.3 is 5.97 Å². The molecule has 7 heteroatoms. The molecule has 1 aliphatic heterocycles. The Hall–Kier alpha value is -2.83. The maximum Gasteiger partial charge on any atom is 0.339 e. The molecule has 1 N–H and O–H groups in total. The maximum absolute atomic E-state index is 12.4. The smallest absolute Gasteiger partial charge is 0.339 e. The number of rotatable bonds is 6. The second-order valence-electron chi connectivity index (χ2n) is 5.51. The monoisotopic (exact) mass is 350 g/mol. The van der Waals surface area contributed by atoms with Crippen LogP contribution in [0, 0.1) is 0 Å². The van der Waals surface area contributed by atoms with E-state index in [-0.39, 0.29) is 17.4 Å². The molecule has 1 atom stereocenters. The predicted molar refractivity (Wildman–Crippen MR) is 85.0 cm³/mol. The van der Waals surface area contributed by atoms with Crippen molar-refractivity contribution in [1.29, 1.82) is 0 Å². The van der Waals surface area contributed by atoms with E-state index < -0.39 is 19.0 Å². The number of benzene rings is 2. The topological polar surface area (TPSA) is 65.0 Å². The molecule has 5 nitrogen and oxygen atoms in total. The van der Waals surface area contributed by atoms with Crippen molar-refractivity contribution in [2.45, 2.75) is 19.0 Å². The van der Waals surface area contributed by atoms with E-state index in [1.54, 1.807) is 25.3 Å². The van der Waals surface area contributed by atoms with Crippen LogP contribution in [-0.4, -0.2) is 31.2 Å². The van der Waals surface area contributed by atoms with Crippen LogP contribution < -0.4 is 14.2 Å². The normalized spacial score (nSPS) is 15.6. The van der Waals surface area contributed by atoms with E-state index in [4.69, 9.17) is 14.2 Å². The van der Waals surface area contributed by atoms with Crippen LogP contribution in [0.4, 0.5) is 8.78 Å². The highest BCUT2D eigenvalue weighted by Crippen LogP contribution is 2.42. The highest BCUT2D eigenvalue weighted by Gasteiger charge is 2.31. The quantitative estimate of drug-likeness (QED) is 0.860. The summed E-state index contributed by atoms with van der Waals surface area (Å²) in [7, 11) is 1.57. The first kappa shape index (κ1) is 17.0. The lowest BCUT2D eigenvalue weighted by Gasteiger charge is -2.11. The molecule has 1 aliphatic rings. The Kier molecular flexibility index (Phi) is 4.74. The number of hydrogen-bond acceptors (Lipinski definition) is 4. The van der Waals surface area contributed by atoms with Crippen LogP contribution in [0.2, 0.25) is 0 Å². The van der Waals surface area contributed by atoms with Gasteiger partial charge < -0.3 is 19.3 Å². The van der Waals surface area contributed by atoms with Crippen molar-refractivity contribution in [1.82, 2.24) is 0 Å². The molecule has 0 saturated carbocycles. The molecule has 0 radical (unpaired) electrons. The molecule has 132 valence electrons. The van der Waals surface area contributed by atoms with E-state index in [1.165, 1.54) is 6.07 Å². The summed E-state index contributed by atoms with van der Waals surface area (Å²) in [4.78, 5) is 11.6. The van der Waals surface area contributed by atoms with E-state index in [1.807, 2.05) is 12.1 Å². The summed E-state index contributed by atoms with van der Waals surface area (Å²) in [5.41, 5.74) is 1.18. The summed E-state index contributed by atoms with van der Waals surface area (Å²) in [5.74, 6) is -0.193. The average molecular weight is 350 g/mol. The molecule has 0 amide bonds. The van der Waals surface area contributed by atoms with E-state index in [0.29, 0.717) is 23.5 Å². The highest BCUT2D eigenvalue weighted by atomic mass is 19.3. The van der Waals surface area contributed by atoms with Crippen molar-refractivity contribution in [2.75, 3.05) is 13.7 Å². The Bertz CT molecular complexity index is 774. The van der Waals surface area contributed by atoms with E-state index in [9.17, 15) is 18.7 Å². The summed E-state index contributed by atoms with van der Waals surface area (Å²) >= 11 is 0. The van der Waals surface area contributed by atoms with Crippen molar-refractivity contribution in [3.63, 3.8) is 0 Å². The molecule has 1 unspecified atom stereocenters. The maximum atomic E-state index is 12.4. The van der Waals surface area contributed by atoms with Gasteiger partial charge in [0.15, 0.2) is 0 Å². The summed E-state index contributed by atoms with van der Waals surface area (Å²) in [6, 6.07) is 10.1. The average Bonchev–Trinajstić information content (AvgIpc) is 3.03. The molecule has 0 saturated heterocycles. The number of alkyl halides is 2. The Morgan fingerprint density at radius 3 is 2.60 bits per heavy atom. The van der Waals surface area contributed by atoms with Gasteiger partial charge in [0.25, 0.3) is 6.43 Å². The van der Waals surface area contributed by atoms with Crippen molar-refractivity contribution in [3.05, 3.63) is 53.1 Å². The van der Waals surface area contributed by atoms with Gasteiger partial charge in [-0.15, -0.1) is 0 Å². The van der Waals surface area contributed by atoms with E-state index in [2.05, 4.69) is 0 Å². The number of carboxylic acid groups (broad SMARTS) is 1. The van der Waals surface area contributed by atoms with Crippen LogP contribution >= 0.6 is 0 Å². The molecular formula is C18H16F2O5. The molecule has 3 rings (SSSR count). The summed E-state index contributed by atoms with van der Waals surface area (Å²) in [6.45, 7) is -0.859. The molecular weight excluding hydrogens is 334 g/mol.